The number of nitrogens with zero attached hydrogens (tertiary/aromatic N) is 2. The van der Waals surface area contributed by atoms with Crippen molar-refractivity contribution in [3.63, 3.8) is 0 Å². The summed E-state index contributed by atoms with van der Waals surface area (Å²) in [6.45, 7) is 3.45. The zero-order valence-corrected chi connectivity index (χ0v) is 11.9. The van der Waals surface area contributed by atoms with Crippen LogP contribution in [0.25, 0.3) is 0 Å². The van der Waals surface area contributed by atoms with E-state index in [1.807, 2.05) is 6.92 Å². The smallest absolute Gasteiger partial charge is 0.335 e. The van der Waals surface area contributed by atoms with E-state index < -0.39 is 5.97 Å². The third-order valence-electron chi connectivity index (χ3n) is 3.06. The Morgan fingerprint density at radius 1 is 1.24 bits per heavy atom. The van der Waals surface area contributed by atoms with Crippen LogP contribution >= 0.6 is 0 Å². The van der Waals surface area contributed by atoms with Gasteiger partial charge >= 0.3 is 11.7 Å². The third-order valence-corrected chi connectivity index (χ3v) is 3.06. The van der Waals surface area contributed by atoms with Gasteiger partial charge in [0.1, 0.15) is 12.4 Å². The van der Waals surface area contributed by atoms with Crippen molar-refractivity contribution in [3.8, 4) is 5.75 Å². The molecule has 21 heavy (non-hydrogen) atoms. The zero-order valence-electron chi connectivity index (χ0n) is 11.9. The van der Waals surface area contributed by atoms with Gasteiger partial charge in [-0.2, -0.15) is 0 Å². The van der Waals surface area contributed by atoms with E-state index in [1.165, 1.54) is 12.1 Å². The molecule has 0 aliphatic rings. The maximum absolute atomic E-state index is 11.9. The van der Waals surface area contributed by atoms with Gasteiger partial charge in [-0.25, -0.2) is 9.59 Å². The fourth-order valence-electron chi connectivity index (χ4n) is 2.02. The molecule has 0 atom stereocenters. The third kappa shape index (κ3) is 3.75. The van der Waals surface area contributed by atoms with Crippen molar-refractivity contribution in [3.05, 3.63) is 52.7 Å². The summed E-state index contributed by atoms with van der Waals surface area (Å²) in [5.74, 6) is -0.510. The Morgan fingerprint density at radius 3 is 2.62 bits per heavy atom. The van der Waals surface area contributed by atoms with Crippen LogP contribution in [0.3, 0.4) is 0 Å². The van der Waals surface area contributed by atoms with Gasteiger partial charge in [0.15, 0.2) is 0 Å². The molecular weight excluding hydrogens is 272 g/mol. The van der Waals surface area contributed by atoms with Gasteiger partial charge in [-0.1, -0.05) is 13.0 Å². The number of imidazole rings is 1. The minimum Gasteiger partial charge on any atom is -0.492 e. The van der Waals surface area contributed by atoms with E-state index in [9.17, 15) is 9.59 Å². The van der Waals surface area contributed by atoms with Crippen LogP contribution in [0.2, 0.25) is 0 Å². The summed E-state index contributed by atoms with van der Waals surface area (Å²) in [5.41, 5.74) is 0.124. The largest absolute Gasteiger partial charge is 0.492 e. The van der Waals surface area contributed by atoms with Crippen molar-refractivity contribution < 1.29 is 14.6 Å². The van der Waals surface area contributed by atoms with Crippen molar-refractivity contribution in [2.24, 2.45) is 0 Å². The molecular formula is C15H18N2O4. The first-order valence-corrected chi connectivity index (χ1v) is 6.83. The molecule has 1 N–H and O–H groups in total. The fourth-order valence-corrected chi connectivity index (χ4v) is 2.02. The second kappa shape index (κ2) is 6.78. The predicted octanol–water partition coefficient (Wildman–Crippen LogP) is 1.84. The van der Waals surface area contributed by atoms with Crippen LogP contribution in [0.5, 0.6) is 5.75 Å². The fraction of sp³-hybridized carbons (Fsp3) is 0.333. The molecule has 0 saturated carbocycles. The highest BCUT2D eigenvalue weighted by molar-refractivity contribution is 5.87. The Morgan fingerprint density at radius 2 is 1.95 bits per heavy atom. The van der Waals surface area contributed by atoms with Crippen molar-refractivity contribution in [2.75, 3.05) is 6.61 Å². The first kappa shape index (κ1) is 14.9. The van der Waals surface area contributed by atoms with Gasteiger partial charge < -0.3 is 9.84 Å². The molecule has 0 amide bonds. The number of carbonyl (C=O) groups is 1. The van der Waals surface area contributed by atoms with Gasteiger partial charge in [0.2, 0.25) is 0 Å². The van der Waals surface area contributed by atoms with Crippen molar-refractivity contribution in [2.45, 2.75) is 26.4 Å². The maximum atomic E-state index is 11.9. The SMILES string of the molecule is CCCn1ccn(CCOc2cccc(C(=O)O)c2)c1=O. The first-order valence-electron chi connectivity index (χ1n) is 6.83. The number of aromatic carboxylic acids is 1. The summed E-state index contributed by atoms with van der Waals surface area (Å²) in [4.78, 5) is 22.8. The number of carboxylic acid groups (broad SMARTS) is 1. The predicted molar refractivity (Wildman–Crippen MR) is 77.9 cm³/mol. The average molecular weight is 290 g/mol. The van der Waals surface area contributed by atoms with Gasteiger partial charge in [0, 0.05) is 18.9 Å². The first-order chi connectivity index (χ1) is 10.1. The molecule has 0 aliphatic carbocycles. The monoisotopic (exact) mass is 290 g/mol. The van der Waals surface area contributed by atoms with Crippen molar-refractivity contribution in [1.29, 1.82) is 0 Å². The highest BCUT2D eigenvalue weighted by Crippen LogP contribution is 2.13. The molecule has 0 spiro atoms. The summed E-state index contributed by atoms with van der Waals surface area (Å²) in [5, 5.41) is 8.90. The van der Waals surface area contributed by atoms with Crippen LogP contribution in [0, 0.1) is 0 Å². The summed E-state index contributed by atoms with van der Waals surface area (Å²) in [7, 11) is 0. The Labute approximate surface area is 122 Å². The summed E-state index contributed by atoms with van der Waals surface area (Å²) < 4.78 is 8.73. The molecule has 112 valence electrons. The summed E-state index contributed by atoms with van der Waals surface area (Å²) in [6, 6.07) is 6.29. The molecule has 0 saturated heterocycles. The van der Waals surface area contributed by atoms with Crippen molar-refractivity contribution >= 4 is 5.97 Å². The van der Waals surface area contributed by atoms with E-state index in [0.717, 1.165) is 6.42 Å². The van der Waals surface area contributed by atoms with Gasteiger partial charge in [-0.3, -0.25) is 9.13 Å². The molecule has 0 aliphatic heterocycles. The molecule has 0 unspecified atom stereocenters. The second-order valence-corrected chi connectivity index (χ2v) is 4.65. The summed E-state index contributed by atoms with van der Waals surface area (Å²) in [6.07, 6.45) is 4.40. The average Bonchev–Trinajstić information content (AvgIpc) is 2.81. The number of benzene rings is 1. The Bertz CT molecular complexity index is 672. The zero-order chi connectivity index (χ0) is 15.2. The van der Waals surface area contributed by atoms with Crippen LogP contribution in [0.15, 0.2) is 41.5 Å². The van der Waals surface area contributed by atoms with Crippen LogP contribution in [0.4, 0.5) is 0 Å². The van der Waals surface area contributed by atoms with E-state index in [2.05, 4.69) is 0 Å². The molecule has 6 nitrogen and oxygen atoms in total. The van der Waals surface area contributed by atoms with E-state index in [4.69, 9.17) is 9.84 Å². The maximum Gasteiger partial charge on any atom is 0.335 e. The number of rotatable bonds is 7. The Balaban J connectivity index is 1.94. The van der Waals surface area contributed by atoms with E-state index in [-0.39, 0.29) is 11.3 Å². The number of ether oxygens (including phenoxy) is 1. The number of hydrogen-bond acceptors (Lipinski definition) is 3. The lowest BCUT2D eigenvalue weighted by molar-refractivity contribution is 0.0696. The highest BCUT2D eigenvalue weighted by Gasteiger charge is 2.05. The molecule has 1 aromatic heterocycles. The molecule has 0 fully saturated rings. The standard InChI is InChI=1S/C15H18N2O4/c1-2-6-16-7-8-17(15(16)20)9-10-21-13-5-3-4-12(11-13)14(18)19/h3-5,7-8,11H,2,6,9-10H2,1H3,(H,18,19). The lowest BCUT2D eigenvalue weighted by Crippen LogP contribution is -2.25. The molecule has 0 radical (unpaired) electrons. The molecule has 2 rings (SSSR count). The van der Waals surface area contributed by atoms with Gasteiger partial charge in [-0.05, 0) is 24.6 Å². The molecule has 0 bridgehead atoms. The van der Waals surface area contributed by atoms with Crippen LogP contribution < -0.4 is 10.4 Å². The molecule has 1 aromatic carbocycles. The lowest BCUT2D eigenvalue weighted by atomic mass is 10.2. The number of aryl methyl sites for hydroxylation is 1. The molecule has 1 heterocycles. The summed E-state index contributed by atoms with van der Waals surface area (Å²) >= 11 is 0. The van der Waals surface area contributed by atoms with Crippen LogP contribution in [0.1, 0.15) is 23.7 Å². The highest BCUT2D eigenvalue weighted by atomic mass is 16.5. The van der Waals surface area contributed by atoms with E-state index >= 15 is 0 Å². The number of aromatic nitrogens is 2. The minimum absolute atomic E-state index is 0.0558. The second-order valence-electron chi connectivity index (χ2n) is 4.65. The van der Waals surface area contributed by atoms with Gasteiger partial charge in [0.05, 0.1) is 12.1 Å². The number of hydrogen-bond donors (Lipinski definition) is 1. The topological polar surface area (TPSA) is 73.5 Å². The van der Waals surface area contributed by atoms with Gasteiger partial charge in [0.25, 0.3) is 0 Å². The molecule has 6 heteroatoms. The lowest BCUT2D eigenvalue weighted by Gasteiger charge is -2.07. The Hall–Kier alpha value is -2.50. The van der Waals surface area contributed by atoms with Crippen LogP contribution in [-0.4, -0.2) is 26.8 Å². The van der Waals surface area contributed by atoms with Gasteiger partial charge in [-0.15, -0.1) is 0 Å². The van der Waals surface area contributed by atoms with E-state index in [1.54, 1.807) is 33.7 Å². The van der Waals surface area contributed by atoms with Crippen molar-refractivity contribution in [1.82, 2.24) is 9.13 Å². The van der Waals surface area contributed by atoms with E-state index in [0.29, 0.717) is 25.4 Å². The number of carboxylic acids is 1. The van der Waals surface area contributed by atoms with Crippen LogP contribution in [-0.2, 0) is 13.1 Å². The molecule has 2 aromatic rings. The minimum atomic E-state index is -0.992. The normalized spacial score (nSPS) is 10.5. The quantitative estimate of drug-likeness (QED) is 0.844. The Kier molecular flexibility index (Phi) is 4.81.